The predicted octanol–water partition coefficient (Wildman–Crippen LogP) is 5.49. The van der Waals surface area contributed by atoms with Gasteiger partial charge in [-0.1, -0.05) is 44.2 Å². The van der Waals surface area contributed by atoms with Gasteiger partial charge in [0.15, 0.2) is 0 Å². The summed E-state index contributed by atoms with van der Waals surface area (Å²) in [5, 5.41) is 6.69. The fourth-order valence-electron chi connectivity index (χ4n) is 2.96. The summed E-state index contributed by atoms with van der Waals surface area (Å²) in [4.78, 5) is 14.1. The maximum atomic E-state index is 4.49. The van der Waals surface area contributed by atoms with Crippen LogP contribution in [-0.4, -0.2) is 15.0 Å². The Kier molecular flexibility index (Phi) is 4.63. The number of pyridine rings is 1. The van der Waals surface area contributed by atoms with Crippen LogP contribution in [0.3, 0.4) is 0 Å². The van der Waals surface area contributed by atoms with E-state index in [1.807, 2.05) is 12.3 Å². The molecule has 0 atom stereocenters. The van der Waals surface area contributed by atoms with Crippen LogP contribution < -0.4 is 5.32 Å². The summed E-state index contributed by atoms with van der Waals surface area (Å²) >= 11 is 1.65. The number of thiophene rings is 1. The van der Waals surface area contributed by atoms with Crippen LogP contribution in [0, 0.1) is 0 Å². The van der Waals surface area contributed by atoms with Gasteiger partial charge in [0.25, 0.3) is 0 Å². The molecule has 1 N–H and O–H groups in total. The second kappa shape index (κ2) is 7.22. The topological polar surface area (TPSA) is 50.7 Å². The van der Waals surface area contributed by atoms with E-state index >= 15 is 0 Å². The van der Waals surface area contributed by atoms with Crippen LogP contribution in [0.5, 0.6) is 0 Å². The molecular weight excluding hydrogens is 340 g/mol. The molecule has 0 amide bonds. The van der Waals surface area contributed by atoms with Crippen molar-refractivity contribution in [1.82, 2.24) is 15.0 Å². The Morgan fingerprint density at radius 1 is 1.08 bits per heavy atom. The van der Waals surface area contributed by atoms with E-state index in [1.54, 1.807) is 23.9 Å². The maximum absolute atomic E-state index is 4.49. The highest BCUT2D eigenvalue weighted by Crippen LogP contribution is 2.37. The zero-order chi connectivity index (χ0) is 17.9. The van der Waals surface area contributed by atoms with Gasteiger partial charge in [-0.2, -0.15) is 0 Å². The van der Waals surface area contributed by atoms with Crippen molar-refractivity contribution < 1.29 is 0 Å². The van der Waals surface area contributed by atoms with E-state index in [2.05, 4.69) is 69.8 Å². The van der Waals surface area contributed by atoms with Gasteiger partial charge in [0.2, 0.25) is 0 Å². The number of benzene rings is 1. The number of fused-ring (bicyclic) bond motifs is 1. The maximum Gasteiger partial charge on any atom is 0.139 e. The molecule has 0 radical (unpaired) electrons. The van der Waals surface area contributed by atoms with Crippen molar-refractivity contribution >= 4 is 27.4 Å². The lowest BCUT2D eigenvalue weighted by atomic mass is 9.99. The van der Waals surface area contributed by atoms with Gasteiger partial charge in [0.05, 0.1) is 5.39 Å². The van der Waals surface area contributed by atoms with Crippen LogP contribution >= 0.6 is 11.3 Å². The van der Waals surface area contributed by atoms with Gasteiger partial charge in [-0.25, -0.2) is 9.97 Å². The molecule has 4 rings (SSSR count). The number of hydrogen-bond acceptors (Lipinski definition) is 5. The van der Waals surface area contributed by atoms with E-state index in [0.717, 1.165) is 21.6 Å². The number of hydrogen-bond donors (Lipinski definition) is 1. The van der Waals surface area contributed by atoms with Crippen LogP contribution in [0.2, 0.25) is 0 Å². The first-order valence-electron chi connectivity index (χ1n) is 8.67. The second-order valence-electron chi connectivity index (χ2n) is 6.54. The van der Waals surface area contributed by atoms with Crippen molar-refractivity contribution in [2.45, 2.75) is 26.3 Å². The summed E-state index contributed by atoms with van der Waals surface area (Å²) in [6.07, 6.45) is 5.27. The van der Waals surface area contributed by atoms with Gasteiger partial charge in [-0.3, -0.25) is 4.98 Å². The Hall–Kier alpha value is -2.79. The first-order chi connectivity index (χ1) is 12.7. The van der Waals surface area contributed by atoms with Crippen molar-refractivity contribution in [1.29, 1.82) is 0 Å². The molecule has 5 heteroatoms. The normalized spacial score (nSPS) is 11.2. The number of nitrogens with zero attached hydrogens (tertiary/aromatic N) is 3. The first-order valence-corrected chi connectivity index (χ1v) is 9.55. The number of nitrogens with one attached hydrogen (secondary N) is 1. The van der Waals surface area contributed by atoms with Crippen molar-refractivity contribution in [3.05, 3.63) is 71.6 Å². The van der Waals surface area contributed by atoms with Crippen LogP contribution in [-0.2, 0) is 6.54 Å². The van der Waals surface area contributed by atoms with E-state index in [9.17, 15) is 0 Å². The minimum Gasteiger partial charge on any atom is -0.365 e. The third-order valence-electron chi connectivity index (χ3n) is 4.44. The van der Waals surface area contributed by atoms with E-state index in [-0.39, 0.29) is 0 Å². The SMILES string of the molecule is CC(C)c1ccc(-c2csc3ncnc(NCc4cccnc4)c23)cc1. The second-order valence-corrected chi connectivity index (χ2v) is 7.40. The van der Waals surface area contributed by atoms with E-state index in [1.165, 1.54) is 16.7 Å². The summed E-state index contributed by atoms with van der Waals surface area (Å²) in [6.45, 7) is 5.11. The third-order valence-corrected chi connectivity index (χ3v) is 5.33. The average molecular weight is 360 g/mol. The van der Waals surface area contributed by atoms with Crippen LogP contribution in [0.15, 0.2) is 60.5 Å². The number of aromatic nitrogens is 3. The Balaban J connectivity index is 1.70. The highest BCUT2D eigenvalue weighted by Gasteiger charge is 2.13. The molecule has 0 spiro atoms. The average Bonchev–Trinajstić information content (AvgIpc) is 3.12. The molecule has 0 aliphatic carbocycles. The van der Waals surface area contributed by atoms with Crippen molar-refractivity contribution in [3.63, 3.8) is 0 Å². The molecule has 0 aliphatic heterocycles. The highest BCUT2D eigenvalue weighted by molar-refractivity contribution is 7.17. The third kappa shape index (κ3) is 3.30. The molecule has 26 heavy (non-hydrogen) atoms. The monoisotopic (exact) mass is 360 g/mol. The molecule has 4 nitrogen and oxygen atoms in total. The van der Waals surface area contributed by atoms with Crippen LogP contribution in [0.4, 0.5) is 5.82 Å². The summed E-state index contributed by atoms with van der Waals surface area (Å²) in [5.41, 5.74) is 4.84. The Labute approximate surface area is 157 Å². The fraction of sp³-hybridized carbons (Fsp3) is 0.190. The minimum absolute atomic E-state index is 0.531. The Morgan fingerprint density at radius 3 is 2.65 bits per heavy atom. The molecule has 4 aromatic rings. The molecule has 3 aromatic heterocycles. The smallest absolute Gasteiger partial charge is 0.139 e. The standard InChI is InChI=1S/C21H20N4S/c1-14(2)16-5-7-17(8-6-16)18-12-26-21-19(18)20(24-13-25-21)23-11-15-4-3-9-22-10-15/h3-10,12-14H,11H2,1-2H3,(H,23,24,25). The van der Waals surface area contributed by atoms with Crippen molar-refractivity contribution in [3.8, 4) is 11.1 Å². The van der Waals surface area contributed by atoms with Gasteiger partial charge in [-0.05, 0) is 28.7 Å². The molecule has 0 fully saturated rings. The van der Waals surface area contributed by atoms with Gasteiger partial charge < -0.3 is 5.32 Å². The first kappa shape index (κ1) is 16.7. The Bertz CT molecular complexity index is 1010. The molecule has 0 unspecified atom stereocenters. The zero-order valence-corrected chi connectivity index (χ0v) is 15.6. The minimum atomic E-state index is 0.531. The molecule has 0 aliphatic rings. The lowest BCUT2D eigenvalue weighted by molar-refractivity contribution is 0.867. The summed E-state index contributed by atoms with van der Waals surface area (Å²) in [5.74, 6) is 1.39. The van der Waals surface area contributed by atoms with Crippen molar-refractivity contribution in [2.75, 3.05) is 5.32 Å². The number of anilines is 1. The van der Waals surface area contributed by atoms with Crippen LogP contribution in [0.1, 0.15) is 30.9 Å². The van der Waals surface area contributed by atoms with Gasteiger partial charge >= 0.3 is 0 Å². The predicted molar refractivity (Wildman–Crippen MR) is 109 cm³/mol. The lowest BCUT2D eigenvalue weighted by Crippen LogP contribution is -2.02. The van der Waals surface area contributed by atoms with Gasteiger partial charge in [-0.15, -0.1) is 11.3 Å². The quantitative estimate of drug-likeness (QED) is 0.511. The lowest BCUT2D eigenvalue weighted by Gasteiger charge is -2.09. The zero-order valence-electron chi connectivity index (χ0n) is 14.8. The summed E-state index contributed by atoms with van der Waals surface area (Å²) in [7, 11) is 0. The highest BCUT2D eigenvalue weighted by atomic mass is 32.1. The van der Waals surface area contributed by atoms with Crippen molar-refractivity contribution in [2.24, 2.45) is 0 Å². The fourth-order valence-corrected chi connectivity index (χ4v) is 3.87. The van der Waals surface area contributed by atoms with E-state index in [4.69, 9.17) is 0 Å². The molecule has 1 aromatic carbocycles. The Morgan fingerprint density at radius 2 is 1.92 bits per heavy atom. The van der Waals surface area contributed by atoms with E-state index in [0.29, 0.717) is 12.5 Å². The number of rotatable bonds is 5. The molecule has 0 saturated heterocycles. The summed E-state index contributed by atoms with van der Waals surface area (Å²) in [6, 6.07) is 12.8. The molecule has 3 heterocycles. The largest absolute Gasteiger partial charge is 0.365 e. The molecule has 130 valence electrons. The van der Waals surface area contributed by atoms with Gasteiger partial charge in [0, 0.05) is 29.9 Å². The molecular formula is C21H20N4S. The van der Waals surface area contributed by atoms with Gasteiger partial charge in [0.1, 0.15) is 17.0 Å². The summed E-state index contributed by atoms with van der Waals surface area (Å²) < 4.78 is 0. The van der Waals surface area contributed by atoms with E-state index < -0.39 is 0 Å². The molecule has 0 saturated carbocycles. The molecule has 0 bridgehead atoms. The van der Waals surface area contributed by atoms with Crippen LogP contribution in [0.25, 0.3) is 21.3 Å².